The van der Waals surface area contributed by atoms with Crippen LogP contribution >= 0.6 is 11.6 Å². The second-order valence-electron chi connectivity index (χ2n) is 1.92. The van der Waals surface area contributed by atoms with E-state index in [-0.39, 0.29) is 11.0 Å². The van der Waals surface area contributed by atoms with E-state index in [9.17, 15) is 8.78 Å². The van der Waals surface area contributed by atoms with E-state index in [1.54, 1.807) is 0 Å². The van der Waals surface area contributed by atoms with Gasteiger partial charge in [-0.25, -0.2) is 8.78 Å². The molecule has 62 valence electrons. The zero-order chi connectivity index (χ0) is 8.43. The fourth-order valence-electron chi connectivity index (χ4n) is 0.611. The first-order valence-corrected chi connectivity index (χ1v) is 3.20. The third kappa shape index (κ3) is 1.91. The van der Waals surface area contributed by atoms with E-state index < -0.39 is 12.5 Å². The normalized spacial score (nSPS) is 13.9. The summed E-state index contributed by atoms with van der Waals surface area (Å²) in [6.45, 7) is 0. The van der Waals surface area contributed by atoms with Gasteiger partial charge in [-0.1, -0.05) is 0 Å². The molecule has 0 saturated heterocycles. The molecule has 0 bridgehead atoms. The average Bonchev–Trinajstić information content (AvgIpc) is 2.34. The van der Waals surface area contributed by atoms with Crippen LogP contribution in [0.2, 0.25) is 5.22 Å². The highest BCUT2D eigenvalue weighted by molar-refractivity contribution is 6.28. The highest BCUT2D eigenvalue weighted by atomic mass is 35.5. The predicted octanol–water partition coefficient (Wildman–Crippen LogP) is 2.23. The smallest absolute Gasteiger partial charge is 0.271 e. The quantitative estimate of drug-likeness (QED) is 0.761. The monoisotopic (exact) mass is 182 g/mol. The lowest BCUT2D eigenvalue weighted by Crippen LogP contribution is -2.06. The lowest BCUT2D eigenvalue weighted by atomic mass is 10.3. The Balaban J connectivity index is 2.76. The fourth-order valence-corrected chi connectivity index (χ4v) is 0.763. The molecule has 1 atom stereocenters. The minimum Gasteiger partial charge on any atom is -0.447 e. The van der Waals surface area contributed by atoms with Crippen molar-refractivity contribution in [3.05, 3.63) is 23.1 Å². The Morgan fingerprint density at radius 3 is 2.45 bits per heavy atom. The first-order chi connectivity index (χ1) is 5.11. The molecule has 0 saturated carbocycles. The minimum atomic E-state index is -2.85. The van der Waals surface area contributed by atoms with Gasteiger partial charge in [0, 0.05) is 0 Å². The van der Waals surface area contributed by atoms with E-state index in [2.05, 4.69) is 4.42 Å². The molecular formula is C6H5ClF2O2. The summed E-state index contributed by atoms with van der Waals surface area (Å²) in [4.78, 5) is 0. The second-order valence-corrected chi connectivity index (χ2v) is 2.29. The van der Waals surface area contributed by atoms with Crippen molar-refractivity contribution in [2.75, 3.05) is 0 Å². The Kier molecular flexibility index (Phi) is 2.46. The van der Waals surface area contributed by atoms with Gasteiger partial charge in [0.2, 0.25) is 0 Å². The van der Waals surface area contributed by atoms with Gasteiger partial charge in [-0.2, -0.15) is 0 Å². The van der Waals surface area contributed by atoms with Gasteiger partial charge < -0.3 is 9.52 Å². The third-order valence-electron chi connectivity index (χ3n) is 1.12. The largest absolute Gasteiger partial charge is 0.447 e. The third-order valence-corrected chi connectivity index (χ3v) is 1.33. The number of rotatable bonds is 2. The maximum Gasteiger partial charge on any atom is 0.271 e. The van der Waals surface area contributed by atoms with Crippen molar-refractivity contribution in [3.8, 4) is 0 Å². The molecule has 0 radical (unpaired) electrons. The maximum absolute atomic E-state index is 11.8. The molecule has 5 heteroatoms. The van der Waals surface area contributed by atoms with E-state index in [0.717, 1.165) is 0 Å². The molecule has 1 aromatic rings. The molecular weight excluding hydrogens is 178 g/mol. The molecule has 11 heavy (non-hydrogen) atoms. The van der Waals surface area contributed by atoms with Gasteiger partial charge in [0.25, 0.3) is 6.43 Å². The molecule has 0 aliphatic carbocycles. The second kappa shape index (κ2) is 3.19. The SMILES string of the molecule is OC(c1ccc(Cl)o1)C(F)F. The van der Waals surface area contributed by atoms with Crippen molar-refractivity contribution in [1.29, 1.82) is 0 Å². The van der Waals surface area contributed by atoms with Crippen LogP contribution in [-0.2, 0) is 0 Å². The standard InChI is InChI=1S/C6H5ClF2O2/c7-4-2-1-3(11-4)5(10)6(8)9/h1-2,5-6,10H. The Morgan fingerprint density at radius 1 is 1.45 bits per heavy atom. The zero-order valence-corrected chi connectivity index (χ0v) is 6.05. The van der Waals surface area contributed by atoms with Crippen LogP contribution < -0.4 is 0 Å². The van der Waals surface area contributed by atoms with E-state index in [1.807, 2.05) is 0 Å². The first-order valence-electron chi connectivity index (χ1n) is 2.82. The molecule has 1 rings (SSSR count). The van der Waals surface area contributed by atoms with Gasteiger partial charge in [0.05, 0.1) is 0 Å². The molecule has 1 aromatic heterocycles. The van der Waals surface area contributed by atoms with Crippen molar-refractivity contribution in [1.82, 2.24) is 0 Å². The predicted molar refractivity (Wildman–Crippen MR) is 34.7 cm³/mol. The summed E-state index contributed by atoms with van der Waals surface area (Å²) in [5, 5.41) is 8.69. The van der Waals surface area contributed by atoms with E-state index >= 15 is 0 Å². The summed E-state index contributed by atoms with van der Waals surface area (Å²) in [5.74, 6) is -0.218. The summed E-state index contributed by atoms with van der Waals surface area (Å²) in [6.07, 6.45) is -4.74. The molecule has 0 aromatic carbocycles. The lowest BCUT2D eigenvalue weighted by Gasteiger charge is -2.03. The summed E-state index contributed by atoms with van der Waals surface area (Å²) in [6, 6.07) is 2.50. The molecule has 1 heterocycles. The number of furan rings is 1. The van der Waals surface area contributed by atoms with E-state index in [4.69, 9.17) is 16.7 Å². The van der Waals surface area contributed by atoms with Crippen molar-refractivity contribution in [2.24, 2.45) is 0 Å². The molecule has 0 spiro atoms. The van der Waals surface area contributed by atoms with Gasteiger partial charge >= 0.3 is 0 Å². The highest BCUT2D eigenvalue weighted by Gasteiger charge is 2.22. The zero-order valence-electron chi connectivity index (χ0n) is 5.30. The van der Waals surface area contributed by atoms with Crippen LogP contribution in [0.15, 0.2) is 16.5 Å². The van der Waals surface area contributed by atoms with Gasteiger partial charge in [-0.05, 0) is 23.7 Å². The minimum absolute atomic E-state index is 0.0142. The van der Waals surface area contributed by atoms with Crippen molar-refractivity contribution >= 4 is 11.6 Å². The Morgan fingerprint density at radius 2 is 2.09 bits per heavy atom. The fraction of sp³-hybridized carbons (Fsp3) is 0.333. The van der Waals surface area contributed by atoms with Crippen LogP contribution in [0, 0.1) is 0 Å². The molecule has 0 aliphatic heterocycles. The number of halogens is 3. The molecule has 2 nitrogen and oxygen atoms in total. The van der Waals surface area contributed by atoms with Crippen LogP contribution in [0.4, 0.5) is 8.78 Å². The Labute approximate surface area is 66.4 Å². The van der Waals surface area contributed by atoms with Crippen molar-refractivity contribution in [3.63, 3.8) is 0 Å². The van der Waals surface area contributed by atoms with Crippen LogP contribution in [0.5, 0.6) is 0 Å². The topological polar surface area (TPSA) is 33.4 Å². The Bertz CT molecular complexity index is 236. The average molecular weight is 183 g/mol. The lowest BCUT2D eigenvalue weighted by molar-refractivity contribution is -0.0176. The molecule has 1 N–H and O–H groups in total. The van der Waals surface area contributed by atoms with Gasteiger partial charge in [-0.15, -0.1) is 0 Å². The summed E-state index contributed by atoms with van der Waals surface area (Å²) in [5.41, 5.74) is 0. The Hall–Kier alpha value is -0.610. The molecule has 1 unspecified atom stereocenters. The number of alkyl halides is 2. The van der Waals surface area contributed by atoms with E-state index in [1.165, 1.54) is 12.1 Å². The van der Waals surface area contributed by atoms with Crippen LogP contribution in [0.25, 0.3) is 0 Å². The molecule has 0 aliphatic rings. The van der Waals surface area contributed by atoms with Crippen LogP contribution in [0.3, 0.4) is 0 Å². The van der Waals surface area contributed by atoms with Gasteiger partial charge in [0.1, 0.15) is 5.76 Å². The highest BCUT2D eigenvalue weighted by Crippen LogP contribution is 2.24. The first kappa shape index (κ1) is 8.49. The number of aliphatic hydroxyl groups excluding tert-OH is 1. The summed E-state index contributed by atoms with van der Waals surface area (Å²) < 4.78 is 28.1. The summed E-state index contributed by atoms with van der Waals surface area (Å²) >= 11 is 5.29. The molecule has 0 amide bonds. The van der Waals surface area contributed by atoms with Gasteiger partial charge in [-0.3, -0.25) is 0 Å². The van der Waals surface area contributed by atoms with Crippen LogP contribution in [0.1, 0.15) is 11.9 Å². The number of hydrogen-bond donors (Lipinski definition) is 1. The number of aliphatic hydroxyl groups is 1. The van der Waals surface area contributed by atoms with Crippen LogP contribution in [-0.4, -0.2) is 11.5 Å². The van der Waals surface area contributed by atoms with Crippen molar-refractivity contribution in [2.45, 2.75) is 12.5 Å². The van der Waals surface area contributed by atoms with E-state index in [0.29, 0.717) is 0 Å². The maximum atomic E-state index is 11.8. The van der Waals surface area contributed by atoms with Gasteiger partial charge in [0.15, 0.2) is 11.3 Å². The summed E-state index contributed by atoms with van der Waals surface area (Å²) in [7, 11) is 0. The van der Waals surface area contributed by atoms with Crippen molar-refractivity contribution < 1.29 is 18.3 Å². The number of hydrogen-bond acceptors (Lipinski definition) is 2. The molecule has 0 fully saturated rings.